The minimum absolute atomic E-state index is 0.160. The lowest BCUT2D eigenvalue weighted by Gasteiger charge is -2.20. The molecule has 2 heterocycles. The largest absolute Gasteiger partial charge is 0.321 e. The molecule has 1 aliphatic heterocycles. The SMILES string of the molecule is Cc1ccc(NC(=O)c2cccc(S(=O)(=O)N3CCCCCC3)c2)c2cccnc12. The molecule has 1 saturated heterocycles. The number of hydrogen-bond acceptors (Lipinski definition) is 4. The van der Waals surface area contributed by atoms with Crippen LogP contribution >= 0.6 is 0 Å². The quantitative estimate of drug-likeness (QED) is 0.676. The third kappa shape index (κ3) is 4.08. The third-order valence-electron chi connectivity index (χ3n) is 5.52. The molecule has 6 nitrogen and oxygen atoms in total. The Morgan fingerprint density at radius 1 is 1.00 bits per heavy atom. The van der Waals surface area contributed by atoms with Crippen molar-refractivity contribution < 1.29 is 13.2 Å². The van der Waals surface area contributed by atoms with Crippen LogP contribution in [0.15, 0.2) is 59.6 Å². The summed E-state index contributed by atoms with van der Waals surface area (Å²) in [6.07, 6.45) is 5.56. The predicted octanol–water partition coefficient (Wildman–Crippen LogP) is 4.36. The molecule has 0 aliphatic carbocycles. The first-order chi connectivity index (χ1) is 14.5. The molecule has 30 heavy (non-hydrogen) atoms. The zero-order valence-electron chi connectivity index (χ0n) is 17.0. The van der Waals surface area contributed by atoms with E-state index in [1.165, 1.54) is 10.4 Å². The number of fused-ring (bicyclic) bond motifs is 1. The molecule has 0 bridgehead atoms. The summed E-state index contributed by atoms with van der Waals surface area (Å²) in [5, 5.41) is 3.76. The maximum Gasteiger partial charge on any atom is 0.255 e. The van der Waals surface area contributed by atoms with Crippen LogP contribution in [0, 0.1) is 6.92 Å². The van der Waals surface area contributed by atoms with Crippen molar-refractivity contribution >= 4 is 32.5 Å². The second kappa shape index (κ2) is 8.53. The van der Waals surface area contributed by atoms with Crippen LogP contribution in [0.5, 0.6) is 0 Å². The van der Waals surface area contributed by atoms with Gasteiger partial charge in [0, 0.05) is 30.2 Å². The van der Waals surface area contributed by atoms with Gasteiger partial charge in [0.15, 0.2) is 0 Å². The molecule has 1 aromatic heterocycles. The van der Waals surface area contributed by atoms with Gasteiger partial charge in [-0.3, -0.25) is 9.78 Å². The van der Waals surface area contributed by atoms with Crippen LogP contribution in [-0.2, 0) is 10.0 Å². The number of carbonyl (C=O) groups excluding carboxylic acids is 1. The lowest BCUT2D eigenvalue weighted by atomic mass is 10.1. The van der Waals surface area contributed by atoms with Gasteiger partial charge < -0.3 is 5.32 Å². The number of carbonyl (C=O) groups is 1. The fourth-order valence-electron chi connectivity index (χ4n) is 3.85. The molecule has 3 aromatic rings. The summed E-state index contributed by atoms with van der Waals surface area (Å²) in [6, 6.07) is 13.8. The number of pyridine rings is 1. The van der Waals surface area contributed by atoms with E-state index in [1.807, 2.05) is 31.2 Å². The molecule has 0 unspecified atom stereocenters. The Morgan fingerprint density at radius 2 is 1.77 bits per heavy atom. The second-order valence-corrected chi connectivity index (χ2v) is 9.57. The van der Waals surface area contributed by atoms with Crippen molar-refractivity contribution in [3.05, 3.63) is 65.9 Å². The summed E-state index contributed by atoms with van der Waals surface area (Å²) in [4.78, 5) is 17.5. The van der Waals surface area contributed by atoms with Gasteiger partial charge in [-0.15, -0.1) is 0 Å². The van der Waals surface area contributed by atoms with Crippen molar-refractivity contribution in [3.8, 4) is 0 Å². The van der Waals surface area contributed by atoms with Crippen LogP contribution in [0.3, 0.4) is 0 Å². The number of hydrogen-bond donors (Lipinski definition) is 1. The summed E-state index contributed by atoms with van der Waals surface area (Å²) < 4.78 is 27.7. The molecule has 1 amide bonds. The van der Waals surface area contributed by atoms with E-state index in [0.717, 1.165) is 42.1 Å². The first kappa shape index (κ1) is 20.5. The molecule has 1 N–H and O–H groups in total. The van der Waals surface area contributed by atoms with Crippen molar-refractivity contribution in [2.24, 2.45) is 0 Å². The fourth-order valence-corrected chi connectivity index (χ4v) is 5.41. The number of rotatable bonds is 4. The van der Waals surface area contributed by atoms with Gasteiger partial charge in [0.05, 0.1) is 16.1 Å². The van der Waals surface area contributed by atoms with E-state index in [0.29, 0.717) is 24.3 Å². The van der Waals surface area contributed by atoms with Crippen LogP contribution in [0.25, 0.3) is 10.9 Å². The predicted molar refractivity (Wildman–Crippen MR) is 118 cm³/mol. The number of amides is 1. The van der Waals surface area contributed by atoms with E-state index < -0.39 is 10.0 Å². The molecule has 4 rings (SSSR count). The summed E-state index contributed by atoms with van der Waals surface area (Å²) in [6.45, 7) is 3.03. The first-order valence-corrected chi connectivity index (χ1v) is 11.7. The van der Waals surface area contributed by atoms with Crippen LogP contribution in [0.4, 0.5) is 5.69 Å². The summed E-state index contributed by atoms with van der Waals surface area (Å²) in [5.41, 5.74) is 2.81. The van der Waals surface area contributed by atoms with E-state index in [-0.39, 0.29) is 10.8 Å². The van der Waals surface area contributed by atoms with Gasteiger partial charge in [0.2, 0.25) is 10.0 Å². The molecule has 0 radical (unpaired) electrons. The summed E-state index contributed by atoms with van der Waals surface area (Å²) >= 11 is 0. The van der Waals surface area contributed by atoms with Crippen LogP contribution in [0.1, 0.15) is 41.6 Å². The average Bonchev–Trinajstić information content (AvgIpc) is 3.06. The van der Waals surface area contributed by atoms with E-state index in [2.05, 4.69) is 10.3 Å². The molecule has 7 heteroatoms. The molecule has 1 fully saturated rings. The smallest absolute Gasteiger partial charge is 0.255 e. The molecule has 0 atom stereocenters. The normalized spacial score (nSPS) is 15.6. The van der Waals surface area contributed by atoms with Crippen LogP contribution in [-0.4, -0.2) is 36.7 Å². The minimum Gasteiger partial charge on any atom is -0.321 e. The lowest BCUT2D eigenvalue weighted by molar-refractivity contribution is 0.102. The molecular formula is C23H25N3O3S. The number of anilines is 1. The Bertz CT molecular complexity index is 1180. The molecule has 156 valence electrons. The van der Waals surface area contributed by atoms with Crippen molar-refractivity contribution in [2.45, 2.75) is 37.5 Å². The van der Waals surface area contributed by atoms with Gasteiger partial charge in [0.1, 0.15) is 0 Å². The van der Waals surface area contributed by atoms with E-state index in [9.17, 15) is 13.2 Å². The summed E-state index contributed by atoms with van der Waals surface area (Å²) in [7, 11) is -3.61. The van der Waals surface area contributed by atoms with Gasteiger partial charge >= 0.3 is 0 Å². The molecule has 0 spiro atoms. The molecular weight excluding hydrogens is 398 g/mol. The highest BCUT2D eigenvalue weighted by Crippen LogP contribution is 2.26. The van der Waals surface area contributed by atoms with E-state index in [1.54, 1.807) is 24.4 Å². The standard InChI is InChI=1S/C23H25N3O3S/c1-17-11-12-21(20-10-7-13-24-22(17)20)25-23(27)18-8-6-9-19(16-18)30(28,29)26-14-4-2-3-5-15-26/h6-13,16H,2-5,14-15H2,1H3,(H,25,27). The van der Waals surface area contributed by atoms with Gasteiger partial charge in [-0.25, -0.2) is 8.42 Å². The first-order valence-electron chi connectivity index (χ1n) is 10.2. The zero-order chi connectivity index (χ0) is 21.1. The van der Waals surface area contributed by atoms with Crippen molar-refractivity contribution in [1.29, 1.82) is 0 Å². The Kier molecular flexibility index (Phi) is 5.83. The average molecular weight is 424 g/mol. The highest BCUT2D eigenvalue weighted by atomic mass is 32.2. The lowest BCUT2D eigenvalue weighted by Crippen LogP contribution is -2.32. The number of nitrogens with zero attached hydrogens (tertiary/aromatic N) is 2. The van der Waals surface area contributed by atoms with Gasteiger partial charge in [-0.2, -0.15) is 4.31 Å². The number of aryl methyl sites for hydroxylation is 1. The second-order valence-electron chi connectivity index (χ2n) is 7.63. The number of nitrogens with one attached hydrogen (secondary N) is 1. The van der Waals surface area contributed by atoms with Crippen LogP contribution < -0.4 is 5.32 Å². The number of benzene rings is 2. The number of aromatic nitrogens is 1. The maximum absolute atomic E-state index is 13.1. The highest BCUT2D eigenvalue weighted by molar-refractivity contribution is 7.89. The van der Waals surface area contributed by atoms with Crippen molar-refractivity contribution in [1.82, 2.24) is 9.29 Å². The van der Waals surface area contributed by atoms with Crippen molar-refractivity contribution in [3.63, 3.8) is 0 Å². The Hall–Kier alpha value is -2.77. The highest BCUT2D eigenvalue weighted by Gasteiger charge is 2.25. The monoisotopic (exact) mass is 423 g/mol. The fraction of sp³-hybridized carbons (Fsp3) is 0.304. The van der Waals surface area contributed by atoms with Gasteiger partial charge in [-0.05, 0) is 61.7 Å². The molecule has 1 aliphatic rings. The van der Waals surface area contributed by atoms with Crippen molar-refractivity contribution in [2.75, 3.05) is 18.4 Å². The topological polar surface area (TPSA) is 79.4 Å². The van der Waals surface area contributed by atoms with Crippen LogP contribution in [0.2, 0.25) is 0 Å². The van der Waals surface area contributed by atoms with E-state index >= 15 is 0 Å². The van der Waals surface area contributed by atoms with Gasteiger partial charge in [-0.1, -0.05) is 25.0 Å². The molecule has 2 aromatic carbocycles. The number of sulfonamides is 1. The Morgan fingerprint density at radius 3 is 2.53 bits per heavy atom. The Balaban J connectivity index is 1.61. The third-order valence-corrected chi connectivity index (χ3v) is 7.41. The Labute approximate surface area is 177 Å². The minimum atomic E-state index is -3.61. The molecule has 0 saturated carbocycles. The maximum atomic E-state index is 13.1. The van der Waals surface area contributed by atoms with Gasteiger partial charge in [0.25, 0.3) is 5.91 Å². The van der Waals surface area contributed by atoms with E-state index in [4.69, 9.17) is 0 Å². The summed E-state index contributed by atoms with van der Waals surface area (Å²) in [5.74, 6) is -0.350. The zero-order valence-corrected chi connectivity index (χ0v) is 17.8.